The van der Waals surface area contributed by atoms with Gasteiger partial charge in [0.05, 0.1) is 61.3 Å². The molecule has 328 valence electrons. The van der Waals surface area contributed by atoms with Gasteiger partial charge in [0.25, 0.3) is 23.6 Å². The average Bonchev–Trinajstić information content (AvgIpc) is 4.10. The molecule has 1 saturated heterocycles. The summed E-state index contributed by atoms with van der Waals surface area (Å²) in [6.07, 6.45) is 10.2. The first kappa shape index (κ1) is 42.3. The minimum absolute atomic E-state index is 0.000781. The van der Waals surface area contributed by atoms with Gasteiger partial charge in [0.1, 0.15) is 11.4 Å². The number of anilines is 3. The summed E-state index contributed by atoms with van der Waals surface area (Å²) in [4.78, 5) is 93.0. The van der Waals surface area contributed by atoms with Crippen LogP contribution in [0.1, 0.15) is 71.6 Å². The standard InChI is InChI=1S/C43H42N12O9/c1-23-10-28-18-44-30-15-34(33(62-5)14-29(30)41(59)54(28)19-23)64-9-7-8-36(56)49-35-22-53(4)38(50-35)40(58)48-26-12-31(51(2)20-26)39(57)47-27-13-32(52(3)21-27)42(60)55-37-24(17-46-55)11-25(16-45-37)43(61)63-6/h11-18,20-22,28H,1,7-10,19H2,2-6H3,(H,47,57)(H,48,58)(H,49,56)/t28-/m0/s1. The molecule has 0 saturated carbocycles. The Morgan fingerprint density at radius 3 is 2.34 bits per heavy atom. The Hall–Kier alpha value is -8.36. The van der Waals surface area contributed by atoms with Gasteiger partial charge in [-0.05, 0) is 37.1 Å². The third-order valence-corrected chi connectivity index (χ3v) is 10.6. The van der Waals surface area contributed by atoms with E-state index in [1.54, 1.807) is 56.8 Å². The first-order valence-electron chi connectivity index (χ1n) is 19.8. The molecule has 5 aromatic heterocycles. The summed E-state index contributed by atoms with van der Waals surface area (Å²) in [5.41, 5.74) is 3.32. The zero-order valence-corrected chi connectivity index (χ0v) is 35.4. The maximum absolute atomic E-state index is 13.5. The zero-order chi connectivity index (χ0) is 45.4. The van der Waals surface area contributed by atoms with E-state index in [0.29, 0.717) is 58.9 Å². The molecule has 0 bridgehead atoms. The number of aliphatic imine (C=N–C) groups is 1. The number of carbonyl (C=O) groups is 6. The molecule has 8 rings (SSSR count). The number of benzene rings is 1. The van der Waals surface area contributed by atoms with E-state index >= 15 is 0 Å². The van der Waals surface area contributed by atoms with Crippen molar-refractivity contribution in [2.45, 2.75) is 25.3 Å². The molecule has 1 fully saturated rings. The predicted octanol–water partition coefficient (Wildman–Crippen LogP) is 4.11. The van der Waals surface area contributed by atoms with E-state index in [1.165, 1.54) is 64.7 Å². The Bertz CT molecular complexity index is 2950. The lowest BCUT2D eigenvalue weighted by Crippen LogP contribution is -2.35. The smallest absolute Gasteiger partial charge is 0.339 e. The monoisotopic (exact) mass is 870 g/mol. The number of hydrogen-bond acceptors (Lipinski definition) is 13. The highest BCUT2D eigenvalue weighted by atomic mass is 16.5. The molecule has 6 aromatic rings. The molecule has 0 spiro atoms. The molecule has 4 amide bonds. The molecule has 0 radical (unpaired) electrons. The van der Waals surface area contributed by atoms with E-state index in [2.05, 4.69) is 42.6 Å². The van der Waals surface area contributed by atoms with Crippen molar-refractivity contribution in [3.8, 4) is 11.5 Å². The Morgan fingerprint density at radius 2 is 1.59 bits per heavy atom. The zero-order valence-electron chi connectivity index (χ0n) is 35.4. The number of aromatic nitrogens is 7. The van der Waals surface area contributed by atoms with Crippen molar-refractivity contribution in [1.29, 1.82) is 0 Å². The number of pyridine rings is 1. The van der Waals surface area contributed by atoms with Gasteiger partial charge in [0.2, 0.25) is 11.7 Å². The predicted molar refractivity (Wildman–Crippen MR) is 232 cm³/mol. The van der Waals surface area contributed by atoms with Crippen LogP contribution in [0.5, 0.6) is 11.5 Å². The quantitative estimate of drug-likeness (QED) is 0.0844. The Labute approximate surface area is 364 Å². The van der Waals surface area contributed by atoms with Crippen molar-refractivity contribution in [2.75, 3.05) is 43.3 Å². The second kappa shape index (κ2) is 17.2. The summed E-state index contributed by atoms with van der Waals surface area (Å²) in [6, 6.07) is 7.62. The summed E-state index contributed by atoms with van der Waals surface area (Å²) in [5.74, 6) is -1.78. The molecule has 2 aliphatic heterocycles. The van der Waals surface area contributed by atoms with E-state index in [9.17, 15) is 28.8 Å². The van der Waals surface area contributed by atoms with E-state index in [4.69, 9.17) is 14.2 Å². The number of methoxy groups -OCH3 is 2. The van der Waals surface area contributed by atoms with E-state index in [0.717, 1.165) is 10.3 Å². The van der Waals surface area contributed by atoms with Crippen LogP contribution >= 0.6 is 0 Å². The third-order valence-electron chi connectivity index (χ3n) is 10.6. The molecule has 0 unspecified atom stereocenters. The summed E-state index contributed by atoms with van der Waals surface area (Å²) in [6.45, 7) is 4.65. The van der Waals surface area contributed by atoms with Crippen LogP contribution in [0.15, 0.2) is 78.5 Å². The topological polar surface area (TPSA) is 240 Å². The normalized spacial score (nSPS) is 14.2. The molecule has 21 heteroatoms. The van der Waals surface area contributed by atoms with Gasteiger partial charge in [-0.2, -0.15) is 9.78 Å². The van der Waals surface area contributed by atoms with Gasteiger partial charge in [-0.3, -0.25) is 29.0 Å². The maximum atomic E-state index is 13.5. The average molecular weight is 871 g/mol. The van der Waals surface area contributed by atoms with E-state index < -0.39 is 23.7 Å². The van der Waals surface area contributed by atoms with Gasteiger partial charge in [-0.25, -0.2) is 14.8 Å². The number of imidazole rings is 1. The number of nitrogens with zero attached hydrogens (tertiary/aromatic N) is 9. The van der Waals surface area contributed by atoms with Gasteiger partial charge in [-0.15, -0.1) is 0 Å². The fourth-order valence-corrected chi connectivity index (χ4v) is 7.46. The Morgan fingerprint density at radius 1 is 0.859 bits per heavy atom. The van der Waals surface area contributed by atoms with Crippen LogP contribution in [0.2, 0.25) is 0 Å². The van der Waals surface area contributed by atoms with Crippen molar-refractivity contribution in [3.05, 3.63) is 102 Å². The van der Waals surface area contributed by atoms with Crippen molar-refractivity contribution >= 4 is 75.6 Å². The lowest BCUT2D eigenvalue weighted by atomic mass is 10.1. The number of aryl methyl sites for hydroxylation is 3. The minimum Gasteiger partial charge on any atom is -0.493 e. The van der Waals surface area contributed by atoms with E-state index in [-0.39, 0.29) is 65.1 Å². The van der Waals surface area contributed by atoms with Crippen LogP contribution in [0, 0.1) is 0 Å². The van der Waals surface area contributed by atoms with Gasteiger partial charge >= 0.3 is 5.97 Å². The van der Waals surface area contributed by atoms with E-state index in [1.807, 2.05) is 0 Å². The van der Waals surface area contributed by atoms with Crippen LogP contribution in [-0.2, 0) is 30.7 Å². The number of ether oxygens (including phenoxy) is 3. The number of fused-ring (bicyclic) bond motifs is 3. The number of rotatable bonds is 13. The van der Waals surface area contributed by atoms with Crippen LogP contribution in [0.3, 0.4) is 0 Å². The number of carbonyl (C=O) groups excluding carboxylic acids is 6. The minimum atomic E-state index is -0.589. The maximum Gasteiger partial charge on any atom is 0.339 e. The second-order valence-electron chi connectivity index (χ2n) is 15.2. The Balaban J connectivity index is 0.836. The molecule has 21 nitrogen and oxygen atoms in total. The van der Waals surface area contributed by atoms with Crippen molar-refractivity contribution in [1.82, 2.24) is 38.3 Å². The largest absolute Gasteiger partial charge is 0.493 e. The van der Waals surface area contributed by atoms with Crippen LogP contribution in [-0.4, -0.2) is 113 Å². The van der Waals surface area contributed by atoms with Crippen molar-refractivity contribution in [3.63, 3.8) is 0 Å². The number of hydrogen-bond donors (Lipinski definition) is 3. The summed E-state index contributed by atoms with van der Waals surface area (Å²) >= 11 is 0. The second-order valence-corrected chi connectivity index (χ2v) is 15.2. The highest BCUT2D eigenvalue weighted by Crippen LogP contribution is 2.38. The summed E-state index contributed by atoms with van der Waals surface area (Å²) in [7, 11) is 7.61. The summed E-state index contributed by atoms with van der Waals surface area (Å²) < 4.78 is 21.8. The molecule has 1 atom stereocenters. The van der Waals surface area contributed by atoms with Crippen LogP contribution in [0.4, 0.5) is 22.9 Å². The van der Waals surface area contributed by atoms with Gasteiger partial charge in [0.15, 0.2) is 23.0 Å². The molecule has 0 aliphatic carbocycles. The third kappa shape index (κ3) is 8.32. The SMILES string of the molecule is C=C1C[C@H]2C=Nc3cc(OCCCC(=O)Nc4cn(C)c(C(=O)Nc5cc(C(=O)Nc6cc(C(=O)n7ncc8cc(C(=O)OC)cnc87)n(C)c6)n(C)c5)n4)c(OC)cc3C(=O)N2C1. The number of esters is 1. The molecule has 1 aromatic carbocycles. The first-order valence-corrected chi connectivity index (χ1v) is 19.8. The molecular weight excluding hydrogens is 829 g/mol. The number of amides is 4. The first-order chi connectivity index (χ1) is 30.7. The fraction of sp³-hybridized carbons (Fsp3) is 0.256. The molecule has 2 aliphatic rings. The Kier molecular flexibility index (Phi) is 11.4. The van der Waals surface area contributed by atoms with Gasteiger partial charge < -0.3 is 48.8 Å². The van der Waals surface area contributed by atoms with Crippen molar-refractivity contribution in [2.24, 2.45) is 26.1 Å². The molecular formula is C43H42N12O9. The van der Waals surface area contributed by atoms with Gasteiger partial charge in [0, 0.05) is 76.6 Å². The summed E-state index contributed by atoms with van der Waals surface area (Å²) in [5, 5.41) is 12.8. The molecule has 7 heterocycles. The fourth-order valence-electron chi connectivity index (χ4n) is 7.46. The lowest BCUT2D eigenvalue weighted by molar-refractivity contribution is -0.116. The van der Waals surface area contributed by atoms with Crippen LogP contribution < -0.4 is 25.4 Å². The molecule has 64 heavy (non-hydrogen) atoms. The van der Waals surface area contributed by atoms with Crippen molar-refractivity contribution < 1.29 is 43.0 Å². The molecule has 3 N–H and O–H groups in total. The van der Waals surface area contributed by atoms with Crippen LogP contribution in [0.25, 0.3) is 11.0 Å². The highest BCUT2D eigenvalue weighted by Gasteiger charge is 2.34. The number of nitrogens with one attached hydrogen (secondary N) is 3. The highest BCUT2D eigenvalue weighted by molar-refractivity contribution is 6.08. The van der Waals surface area contributed by atoms with Gasteiger partial charge in [-0.1, -0.05) is 12.2 Å². The lowest BCUT2D eigenvalue weighted by Gasteiger charge is -2.20.